The van der Waals surface area contributed by atoms with Crippen LogP contribution in [-0.4, -0.2) is 42.3 Å². The van der Waals surface area contributed by atoms with Gasteiger partial charge in [-0.3, -0.25) is 14.8 Å². The van der Waals surface area contributed by atoms with Crippen molar-refractivity contribution in [2.45, 2.75) is 37.6 Å². The van der Waals surface area contributed by atoms with Crippen LogP contribution in [-0.2, 0) is 4.84 Å². The molecule has 0 radical (unpaired) electrons. The van der Waals surface area contributed by atoms with E-state index >= 15 is 0 Å². The Morgan fingerprint density at radius 1 is 1.40 bits per heavy atom. The molecule has 0 aliphatic carbocycles. The summed E-state index contributed by atoms with van der Waals surface area (Å²) < 4.78 is 12.1. The molecule has 0 spiro atoms. The van der Waals surface area contributed by atoms with Crippen LogP contribution in [0.3, 0.4) is 0 Å². The standard InChI is InChI=1S/C9H6FNOS.C9H20N2O/c10-12-7-5-11-4-6-2-1-3-8(13)9(6)7;1-3-7-12-11-6-4-5-10-9(2)8-11/h1-5,13H;9-10H,3-8H2,1-2H3. The fraction of sp³-hybridized carbons (Fsp3) is 0.500. The smallest absolute Gasteiger partial charge is 0.199 e. The molecule has 1 saturated heterocycles. The molecule has 5 nitrogen and oxygen atoms in total. The van der Waals surface area contributed by atoms with Crippen molar-refractivity contribution in [2.75, 3.05) is 26.2 Å². The molecule has 2 aromatic rings. The van der Waals surface area contributed by atoms with E-state index in [0.717, 1.165) is 38.0 Å². The molecule has 0 bridgehead atoms. The van der Waals surface area contributed by atoms with Crippen molar-refractivity contribution in [3.05, 3.63) is 30.6 Å². The van der Waals surface area contributed by atoms with Gasteiger partial charge in [0, 0.05) is 45.5 Å². The van der Waals surface area contributed by atoms with Crippen LogP contribution in [0.1, 0.15) is 26.7 Å². The monoisotopic (exact) mass is 367 g/mol. The van der Waals surface area contributed by atoms with Crippen LogP contribution < -0.4 is 10.3 Å². The first-order chi connectivity index (χ1) is 12.2. The summed E-state index contributed by atoms with van der Waals surface area (Å²) in [5, 5.41) is 6.97. The van der Waals surface area contributed by atoms with Gasteiger partial charge in [-0.25, -0.2) is 0 Å². The third kappa shape index (κ3) is 6.11. The summed E-state index contributed by atoms with van der Waals surface area (Å²) in [7, 11) is 0. The molecule has 1 N–H and O–H groups in total. The highest BCUT2D eigenvalue weighted by atomic mass is 32.1. The molecule has 0 amide bonds. The zero-order chi connectivity index (χ0) is 18.1. The largest absolute Gasteiger partial charge is 0.313 e. The Morgan fingerprint density at radius 2 is 2.24 bits per heavy atom. The van der Waals surface area contributed by atoms with E-state index in [-0.39, 0.29) is 5.75 Å². The second kappa shape index (κ2) is 10.6. The first kappa shape index (κ1) is 19.9. The number of benzene rings is 1. The topological polar surface area (TPSA) is 46.6 Å². The SMILES string of the molecule is CCCON1CCCNC(C)C1.FOc1cncc2cccc(S)c12. The van der Waals surface area contributed by atoms with Gasteiger partial charge in [-0.2, -0.15) is 5.06 Å². The summed E-state index contributed by atoms with van der Waals surface area (Å²) in [5.41, 5.74) is 0. The fourth-order valence-electron chi connectivity index (χ4n) is 2.64. The van der Waals surface area contributed by atoms with E-state index in [9.17, 15) is 4.53 Å². The summed E-state index contributed by atoms with van der Waals surface area (Å²) in [5.74, 6) is 0.100. The van der Waals surface area contributed by atoms with Gasteiger partial charge in [0.25, 0.3) is 0 Å². The zero-order valence-electron chi connectivity index (χ0n) is 14.7. The first-order valence-electron chi connectivity index (χ1n) is 8.61. The lowest BCUT2D eigenvalue weighted by Gasteiger charge is -2.21. The number of thiol groups is 1. The van der Waals surface area contributed by atoms with Gasteiger partial charge in [0.2, 0.25) is 0 Å². The van der Waals surface area contributed by atoms with E-state index in [1.54, 1.807) is 12.3 Å². The number of fused-ring (bicyclic) bond motifs is 1. The van der Waals surface area contributed by atoms with E-state index in [0.29, 0.717) is 16.3 Å². The Bertz CT molecular complexity index is 654. The molecule has 1 aliphatic rings. The number of hydroxylamine groups is 2. The van der Waals surface area contributed by atoms with Crippen LogP contribution in [0.25, 0.3) is 10.8 Å². The molecule has 7 heteroatoms. The summed E-state index contributed by atoms with van der Waals surface area (Å²) in [6.07, 6.45) is 5.24. The molecular weight excluding hydrogens is 341 g/mol. The predicted octanol–water partition coefficient (Wildman–Crippen LogP) is 3.80. The minimum absolute atomic E-state index is 0.100. The van der Waals surface area contributed by atoms with Crippen molar-refractivity contribution < 1.29 is 14.3 Å². The average molecular weight is 367 g/mol. The van der Waals surface area contributed by atoms with Gasteiger partial charge in [0.15, 0.2) is 5.75 Å². The Labute approximate surface area is 153 Å². The Balaban J connectivity index is 0.000000181. The maximum atomic E-state index is 12.1. The maximum absolute atomic E-state index is 12.1. The lowest BCUT2D eigenvalue weighted by atomic mass is 10.2. The molecular formula is C18H26FN3O2S. The average Bonchev–Trinajstić information content (AvgIpc) is 2.84. The minimum Gasteiger partial charge on any atom is -0.313 e. The molecule has 138 valence electrons. The second-order valence-electron chi connectivity index (χ2n) is 6.02. The molecule has 1 aliphatic heterocycles. The second-order valence-corrected chi connectivity index (χ2v) is 6.50. The summed E-state index contributed by atoms with van der Waals surface area (Å²) in [6, 6.07) is 5.98. The van der Waals surface area contributed by atoms with Crippen LogP contribution in [0.4, 0.5) is 4.53 Å². The highest BCUT2D eigenvalue weighted by Gasteiger charge is 2.13. The van der Waals surface area contributed by atoms with Crippen LogP contribution in [0.2, 0.25) is 0 Å². The molecule has 1 aromatic carbocycles. The minimum atomic E-state index is 0.100. The van der Waals surface area contributed by atoms with Crippen LogP contribution >= 0.6 is 12.6 Å². The number of halogens is 1. The van der Waals surface area contributed by atoms with Crippen molar-refractivity contribution in [3.63, 3.8) is 0 Å². The first-order valence-corrected chi connectivity index (χ1v) is 9.06. The Morgan fingerprint density at radius 3 is 3.00 bits per heavy atom. The normalized spacial score (nSPS) is 18.3. The molecule has 1 unspecified atom stereocenters. The van der Waals surface area contributed by atoms with E-state index in [1.165, 1.54) is 12.6 Å². The highest BCUT2D eigenvalue weighted by molar-refractivity contribution is 7.80. The summed E-state index contributed by atoms with van der Waals surface area (Å²) in [4.78, 5) is 13.8. The van der Waals surface area contributed by atoms with Crippen LogP contribution in [0, 0.1) is 0 Å². The molecule has 1 fully saturated rings. The highest BCUT2D eigenvalue weighted by Crippen LogP contribution is 2.29. The fourth-order valence-corrected chi connectivity index (χ4v) is 2.97. The lowest BCUT2D eigenvalue weighted by molar-refractivity contribution is -0.158. The molecule has 3 rings (SSSR count). The third-order valence-electron chi connectivity index (χ3n) is 3.84. The quantitative estimate of drug-likeness (QED) is 0.805. The number of hydrogen-bond acceptors (Lipinski definition) is 6. The number of nitrogens with one attached hydrogen (secondary N) is 1. The van der Waals surface area contributed by atoms with Crippen molar-refractivity contribution in [1.82, 2.24) is 15.4 Å². The van der Waals surface area contributed by atoms with Gasteiger partial charge in [0.05, 0.1) is 12.8 Å². The lowest BCUT2D eigenvalue weighted by Crippen LogP contribution is -2.35. The number of aromatic nitrogens is 1. The van der Waals surface area contributed by atoms with Crippen LogP contribution in [0.5, 0.6) is 5.75 Å². The van der Waals surface area contributed by atoms with Gasteiger partial charge in [-0.15, -0.1) is 12.6 Å². The molecule has 1 atom stereocenters. The van der Waals surface area contributed by atoms with E-state index in [2.05, 4.69) is 46.8 Å². The molecule has 25 heavy (non-hydrogen) atoms. The van der Waals surface area contributed by atoms with Crippen molar-refractivity contribution in [2.24, 2.45) is 0 Å². The third-order valence-corrected chi connectivity index (χ3v) is 4.21. The van der Waals surface area contributed by atoms with Gasteiger partial charge >= 0.3 is 0 Å². The molecule has 2 heterocycles. The number of nitrogens with zero attached hydrogens (tertiary/aromatic N) is 2. The Hall–Kier alpha value is -1.41. The number of pyridine rings is 1. The number of hydrogen-bond donors (Lipinski definition) is 2. The van der Waals surface area contributed by atoms with Gasteiger partial charge in [-0.05, 0) is 32.4 Å². The van der Waals surface area contributed by atoms with Crippen molar-refractivity contribution in [1.29, 1.82) is 0 Å². The van der Waals surface area contributed by atoms with Crippen LogP contribution in [0.15, 0.2) is 35.5 Å². The Kier molecular flexibility index (Phi) is 8.40. The zero-order valence-corrected chi connectivity index (χ0v) is 15.6. The maximum Gasteiger partial charge on any atom is 0.199 e. The summed E-state index contributed by atoms with van der Waals surface area (Å²) >= 11 is 4.20. The van der Waals surface area contributed by atoms with Crippen molar-refractivity contribution in [3.8, 4) is 5.75 Å². The number of rotatable bonds is 4. The van der Waals surface area contributed by atoms with Crippen molar-refractivity contribution >= 4 is 23.4 Å². The van der Waals surface area contributed by atoms with E-state index in [4.69, 9.17) is 4.84 Å². The summed E-state index contributed by atoms with van der Waals surface area (Å²) in [6.45, 7) is 8.39. The van der Waals surface area contributed by atoms with E-state index in [1.807, 2.05) is 12.1 Å². The van der Waals surface area contributed by atoms with E-state index < -0.39 is 0 Å². The van der Waals surface area contributed by atoms with Gasteiger partial charge < -0.3 is 5.32 Å². The van der Waals surface area contributed by atoms with Gasteiger partial charge in [0.1, 0.15) is 0 Å². The molecule has 1 aromatic heterocycles. The predicted molar refractivity (Wildman–Crippen MR) is 101 cm³/mol. The molecule has 0 saturated carbocycles. The van der Waals surface area contributed by atoms with Gasteiger partial charge in [-0.1, -0.05) is 19.1 Å².